The van der Waals surface area contributed by atoms with Crippen molar-refractivity contribution in [2.24, 2.45) is 0 Å². The summed E-state index contributed by atoms with van der Waals surface area (Å²) in [6.45, 7) is 0. The number of carbonyl (C=O) groups excluding carboxylic acids is 2. The Bertz CT molecular complexity index is 999. The Morgan fingerprint density at radius 1 is 0.929 bits per heavy atom. The Kier molecular flexibility index (Phi) is 6.28. The molecule has 0 bridgehead atoms. The second kappa shape index (κ2) is 9.05. The number of nitrogens with one attached hydrogen (secondary N) is 2. The van der Waals surface area contributed by atoms with E-state index < -0.39 is 17.5 Å². The van der Waals surface area contributed by atoms with Gasteiger partial charge in [0.15, 0.2) is 5.82 Å². The van der Waals surface area contributed by atoms with Crippen molar-refractivity contribution in [2.45, 2.75) is 5.03 Å². The number of amides is 2. The van der Waals surface area contributed by atoms with E-state index in [1.807, 2.05) is 0 Å². The SMILES string of the molecule is O=C(CSc1ccc(NC(=O)c2cccc(F)c2)nn1)Nc1ccccc1F. The normalized spacial score (nSPS) is 10.4. The van der Waals surface area contributed by atoms with Crippen LogP contribution in [0.2, 0.25) is 0 Å². The van der Waals surface area contributed by atoms with Gasteiger partial charge in [0.25, 0.3) is 5.91 Å². The molecule has 2 aromatic carbocycles. The van der Waals surface area contributed by atoms with Crippen LogP contribution in [0.1, 0.15) is 10.4 Å². The van der Waals surface area contributed by atoms with Crippen molar-refractivity contribution in [2.75, 3.05) is 16.4 Å². The number of carbonyl (C=O) groups is 2. The van der Waals surface area contributed by atoms with E-state index >= 15 is 0 Å². The number of rotatable bonds is 6. The summed E-state index contributed by atoms with van der Waals surface area (Å²) < 4.78 is 26.7. The Morgan fingerprint density at radius 3 is 2.46 bits per heavy atom. The van der Waals surface area contributed by atoms with Gasteiger partial charge < -0.3 is 10.6 Å². The van der Waals surface area contributed by atoms with Gasteiger partial charge in [0.05, 0.1) is 11.4 Å². The zero-order valence-corrected chi connectivity index (χ0v) is 15.2. The molecule has 1 heterocycles. The predicted molar refractivity (Wildman–Crippen MR) is 102 cm³/mol. The van der Waals surface area contributed by atoms with E-state index in [-0.39, 0.29) is 28.7 Å². The largest absolute Gasteiger partial charge is 0.323 e. The quantitative estimate of drug-likeness (QED) is 0.616. The first-order valence-corrected chi connectivity index (χ1v) is 9.07. The highest BCUT2D eigenvalue weighted by Crippen LogP contribution is 2.18. The minimum atomic E-state index is -0.515. The van der Waals surface area contributed by atoms with Gasteiger partial charge in [-0.1, -0.05) is 30.0 Å². The van der Waals surface area contributed by atoms with E-state index in [4.69, 9.17) is 0 Å². The van der Waals surface area contributed by atoms with E-state index in [2.05, 4.69) is 20.8 Å². The molecular formula is C19H14F2N4O2S. The van der Waals surface area contributed by atoms with Gasteiger partial charge in [-0.25, -0.2) is 8.78 Å². The standard InChI is InChI=1S/C19H14F2N4O2S/c20-13-5-3-4-12(10-13)19(27)23-16-8-9-18(25-24-16)28-11-17(26)22-15-7-2-1-6-14(15)21/h1-10H,11H2,(H,22,26)(H,23,24,27). The van der Waals surface area contributed by atoms with Crippen LogP contribution in [0.5, 0.6) is 0 Å². The molecule has 0 aliphatic heterocycles. The molecule has 0 saturated heterocycles. The van der Waals surface area contributed by atoms with Crippen LogP contribution >= 0.6 is 11.8 Å². The molecule has 0 spiro atoms. The first kappa shape index (κ1) is 19.4. The van der Waals surface area contributed by atoms with Crippen LogP contribution in [-0.2, 0) is 4.79 Å². The fraction of sp³-hybridized carbons (Fsp3) is 0.0526. The summed E-state index contributed by atoms with van der Waals surface area (Å²) in [4.78, 5) is 23.9. The third-order valence-corrected chi connectivity index (χ3v) is 4.39. The molecule has 0 unspecified atom stereocenters. The van der Waals surface area contributed by atoms with Crippen LogP contribution in [0, 0.1) is 11.6 Å². The maximum absolute atomic E-state index is 13.5. The molecule has 3 aromatic rings. The molecular weight excluding hydrogens is 386 g/mol. The van der Waals surface area contributed by atoms with E-state index in [1.54, 1.807) is 12.1 Å². The average Bonchev–Trinajstić information content (AvgIpc) is 2.69. The van der Waals surface area contributed by atoms with Crippen molar-refractivity contribution >= 4 is 35.1 Å². The lowest BCUT2D eigenvalue weighted by molar-refractivity contribution is -0.113. The first-order valence-electron chi connectivity index (χ1n) is 8.09. The lowest BCUT2D eigenvalue weighted by Crippen LogP contribution is -2.15. The highest BCUT2D eigenvalue weighted by atomic mass is 32.2. The Morgan fingerprint density at radius 2 is 1.75 bits per heavy atom. The summed E-state index contributed by atoms with van der Waals surface area (Å²) in [6.07, 6.45) is 0. The zero-order valence-electron chi connectivity index (χ0n) is 14.4. The second-order valence-electron chi connectivity index (χ2n) is 5.54. The maximum atomic E-state index is 13.5. The third kappa shape index (κ3) is 5.34. The molecule has 0 saturated carbocycles. The lowest BCUT2D eigenvalue weighted by Gasteiger charge is -2.06. The Balaban J connectivity index is 1.52. The van der Waals surface area contributed by atoms with Gasteiger partial charge in [-0.15, -0.1) is 10.2 Å². The van der Waals surface area contributed by atoms with E-state index in [9.17, 15) is 18.4 Å². The third-order valence-electron chi connectivity index (χ3n) is 3.47. The number of halogens is 2. The molecule has 0 aliphatic rings. The number of benzene rings is 2. The fourth-order valence-electron chi connectivity index (χ4n) is 2.17. The van der Waals surface area contributed by atoms with Crippen LogP contribution in [0.25, 0.3) is 0 Å². The first-order chi connectivity index (χ1) is 13.5. The minimum absolute atomic E-state index is 0.0119. The predicted octanol–water partition coefficient (Wildman–Crippen LogP) is 3.74. The van der Waals surface area contributed by atoms with Crippen molar-refractivity contribution in [1.82, 2.24) is 10.2 Å². The summed E-state index contributed by atoms with van der Waals surface area (Å²) in [5, 5.41) is 13.2. The van der Waals surface area contributed by atoms with Crippen molar-refractivity contribution < 1.29 is 18.4 Å². The van der Waals surface area contributed by atoms with Gasteiger partial charge in [0, 0.05) is 5.56 Å². The van der Waals surface area contributed by atoms with Crippen molar-refractivity contribution in [1.29, 1.82) is 0 Å². The highest BCUT2D eigenvalue weighted by Gasteiger charge is 2.10. The van der Waals surface area contributed by atoms with E-state index in [0.29, 0.717) is 5.03 Å². The summed E-state index contributed by atoms with van der Waals surface area (Å²) in [6, 6.07) is 14.2. The summed E-state index contributed by atoms with van der Waals surface area (Å²) in [5.41, 5.74) is 0.264. The zero-order chi connectivity index (χ0) is 19.9. The molecule has 9 heteroatoms. The molecule has 0 aliphatic carbocycles. The summed E-state index contributed by atoms with van der Waals surface area (Å²) >= 11 is 1.11. The summed E-state index contributed by atoms with van der Waals surface area (Å²) in [5.74, 6) is -1.73. The molecule has 142 valence electrons. The number of nitrogens with zero attached hydrogens (tertiary/aromatic N) is 2. The van der Waals surface area contributed by atoms with E-state index in [1.165, 1.54) is 42.5 Å². The average molecular weight is 400 g/mol. The van der Waals surface area contributed by atoms with Gasteiger partial charge in [0.2, 0.25) is 5.91 Å². The molecule has 2 N–H and O–H groups in total. The second-order valence-corrected chi connectivity index (χ2v) is 6.53. The molecule has 0 fully saturated rings. The number of para-hydroxylation sites is 1. The maximum Gasteiger partial charge on any atom is 0.256 e. The van der Waals surface area contributed by atoms with Crippen LogP contribution in [0.15, 0.2) is 65.7 Å². The molecule has 28 heavy (non-hydrogen) atoms. The number of aromatic nitrogens is 2. The number of hydrogen-bond acceptors (Lipinski definition) is 5. The van der Waals surface area contributed by atoms with Crippen molar-refractivity contribution in [3.8, 4) is 0 Å². The van der Waals surface area contributed by atoms with Gasteiger partial charge in [0.1, 0.15) is 16.7 Å². The van der Waals surface area contributed by atoms with Crippen LogP contribution in [-0.4, -0.2) is 27.8 Å². The van der Waals surface area contributed by atoms with E-state index in [0.717, 1.165) is 17.8 Å². The summed E-state index contributed by atoms with van der Waals surface area (Å²) in [7, 11) is 0. The van der Waals surface area contributed by atoms with Crippen LogP contribution < -0.4 is 10.6 Å². The fourth-order valence-corrected chi connectivity index (χ4v) is 2.78. The Labute approximate surface area is 163 Å². The Hall–Kier alpha value is -3.33. The molecule has 0 radical (unpaired) electrons. The molecule has 0 atom stereocenters. The molecule has 3 rings (SSSR count). The molecule has 1 aromatic heterocycles. The smallest absolute Gasteiger partial charge is 0.256 e. The number of hydrogen-bond donors (Lipinski definition) is 2. The molecule has 2 amide bonds. The highest BCUT2D eigenvalue weighted by molar-refractivity contribution is 7.99. The number of anilines is 2. The topological polar surface area (TPSA) is 84.0 Å². The van der Waals surface area contributed by atoms with Crippen LogP contribution in [0.4, 0.5) is 20.3 Å². The van der Waals surface area contributed by atoms with Crippen LogP contribution in [0.3, 0.4) is 0 Å². The van der Waals surface area contributed by atoms with Crippen molar-refractivity contribution in [3.05, 3.63) is 77.9 Å². The van der Waals surface area contributed by atoms with Gasteiger partial charge in [-0.3, -0.25) is 9.59 Å². The van der Waals surface area contributed by atoms with Gasteiger partial charge in [-0.05, 0) is 42.5 Å². The monoisotopic (exact) mass is 400 g/mol. The lowest BCUT2D eigenvalue weighted by atomic mass is 10.2. The number of thioether (sulfide) groups is 1. The van der Waals surface area contributed by atoms with Crippen molar-refractivity contribution in [3.63, 3.8) is 0 Å². The van der Waals surface area contributed by atoms with Gasteiger partial charge in [-0.2, -0.15) is 0 Å². The van der Waals surface area contributed by atoms with Gasteiger partial charge >= 0.3 is 0 Å². The molecule has 6 nitrogen and oxygen atoms in total. The minimum Gasteiger partial charge on any atom is -0.323 e.